The van der Waals surface area contributed by atoms with Crippen LogP contribution in [-0.4, -0.2) is 26.8 Å². The molecule has 2 heterocycles. The summed E-state index contributed by atoms with van der Waals surface area (Å²) in [6.07, 6.45) is -3.70. The van der Waals surface area contributed by atoms with E-state index in [-0.39, 0.29) is 6.04 Å². The molecule has 0 amide bonds. The molecule has 0 saturated heterocycles. The minimum Gasteiger partial charge on any atom is -0.353 e. The minimum atomic E-state index is -4.34. The molecule has 0 spiro atoms. The van der Waals surface area contributed by atoms with Gasteiger partial charge in [0.2, 0.25) is 5.95 Å². The zero-order valence-corrected chi connectivity index (χ0v) is 9.72. The number of hydrogen-bond donors (Lipinski definition) is 1. The third-order valence-electron chi connectivity index (χ3n) is 3.09. The Morgan fingerprint density at radius 1 is 1.32 bits per heavy atom. The fourth-order valence-electron chi connectivity index (χ4n) is 2.19. The average molecular weight is 269 g/mol. The molecule has 3 rings (SSSR count). The van der Waals surface area contributed by atoms with Crippen molar-refractivity contribution < 1.29 is 13.2 Å². The van der Waals surface area contributed by atoms with E-state index in [1.54, 1.807) is 6.07 Å². The van der Waals surface area contributed by atoms with Crippen molar-refractivity contribution in [2.45, 2.75) is 18.6 Å². The van der Waals surface area contributed by atoms with Crippen LogP contribution in [-0.2, 0) is 6.18 Å². The molecule has 1 aromatic carbocycles. The van der Waals surface area contributed by atoms with Crippen LogP contribution in [0.5, 0.6) is 0 Å². The summed E-state index contributed by atoms with van der Waals surface area (Å²) >= 11 is 0. The SMILES string of the molecule is FC(F)(F)c1cccc(C2CCNc3nnnn32)c1. The summed E-state index contributed by atoms with van der Waals surface area (Å²) in [4.78, 5) is 0. The predicted octanol–water partition coefficient (Wildman–Crippen LogP) is 2.10. The summed E-state index contributed by atoms with van der Waals surface area (Å²) in [5.41, 5.74) is -0.0944. The standard InChI is InChI=1S/C11H10F3N5/c12-11(13,14)8-3-1-2-7(6-8)9-4-5-15-10-16-17-18-19(9)10/h1-3,6,9H,4-5H2,(H,15,16,18). The molecule has 0 aliphatic carbocycles. The van der Waals surface area contributed by atoms with Gasteiger partial charge in [-0.05, 0) is 34.5 Å². The second kappa shape index (κ2) is 4.22. The van der Waals surface area contributed by atoms with Crippen LogP contribution in [0.3, 0.4) is 0 Å². The molecule has 1 atom stereocenters. The van der Waals surface area contributed by atoms with E-state index in [1.165, 1.54) is 10.7 Å². The van der Waals surface area contributed by atoms with Crippen LogP contribution in [0, 0.1) is 0 Å². The Balaban J connectivity index is 2.01. The molecule has 0 saturated carbocycles. The molecule has 1 unspecified atom stereocenters. The van der Waals surface area contributed by atoms with Crippen LogP contribution >= 0.6 is 0 Å². The van der Waals surface area contributed by atoms with Gasteiger partial charge in [0.15, 0.2) is 0 Å². The van der Waals surface area contributed by atoms with E-state index >= 15 is 0 Å². The molecule has 1 N–H and O–H groups in total. The zero-order chi connectivity index (χ0) is 13.5. The summed E-state index contributed by atoms with van der Waals surface area (Å²) in [5.74, 6) is 0.480. The van der Waals surface area contributed by atoms with Crippen molar-refractivity contribution in [1.82, 2.24) is 20.2 Å². The van der Waals surface area contributed by atoms with Crippen molar-refractivity contribution in [3.05, 3.63) is 35.4 Å². The van der Waals surface area contributed by atoms with Crippen LogP contribution in [0.25, 0.3) is 0 Å². The number of nitrogens with zero attached hydrogens (tertiary/aromatic N) is 4. The van der Waals surface area contributed by atoms with E-state index in [0.29, 0.717) is 24.5 Å². The predicted molar refractivity (Wildman–Crippen MR) is 60.5 cm³/mol. The summed E-state index contributed by atoms with van der Waals surface area (Å²) in [7, 11) is 0. The van der Waals surface area contributed by atoms with Gasteiger partial charge in [-0.1, -0.05) is 17.2 Å². The first-order valence-electron chi connectivity index (χ1n) is 5.74. The Morgan fingerprint density at radius 2 is 2.16 bits per heavy atom. The first kappa shape index (κ1) is 11.9. The fraction of sp³-hybridized carbons (Fsp3) is 0.364. The lowest BCUT2D eigenvalue weighted by atomic mass is 10.0. The van der Waals surface area contributed by atoms with Gasteiger partial charge in [0.25, 0.3) is 0 Å². The van der Waals surface area contributed by atoms with Crippen LogP contribution in [0.4, 0.5) is 19.1 Å². The molecular formula is C11H10F3N5. The van der Waals surface area contributed by atoms with Crippen LogP contribution < -0.4 is 5.32 Å². The molecule has 0 bridgehead atoms. The Bertz CT molecular complexity index is 592. The van der Waals surface area contributed by atoms with Gasteiger partial charge in [-0.2, -0.15) is 13.2 Å². The highest BCUT2D eigenvalue weighted by Crippen LogP contribution is 2.33. The number of hydrogen-bond acceptors (Lipinski definition) is 4. The van der Waals surface area contributed by atoms with Gasteiger partial charge in [-0.15, -0.1) is 0 Å². The third-order valence-corrected chi connectivity index (χ3v) is 3.09. The number of anilines is 1. The second-order valence-corrected chi connectivity index (χ2v) is 4.30. The Labute approximate surface area is 106 Å². The lowest BCUT2D eigenvalue weighted by Gasteiger charge is -2.24. The average Bonchev–Trinajstić information content (AvgIpc) is 2.86. The van der Waals surface area contributed by atoms with Crippen molar-refractivity contribution in [2.24, 2.45) is 0 Å². The van der Waals surface area contributed by atoms with E-state index in [4.69, 9.17) is 0 Å². The number of benzene rings is 1. The topological polar surface area (TPSA) is 55.6 Å². The molecule has 100 valence electrons. The quantitative estimate of drug-likeness (QED) is 0.861. The monoisotopic (exact) mass is 269 g/mol. The van der Waals surface area contributed by atoms with Crippen molar-refractivity contribution in [3.63, 3.8) is 0 Å². The van der Waals surface area contributed by atoms with E-state index in [1.807, 2.05) is 0 Å². The highest BCUT2D eigenvalue weighted by atomic mass is 19.4. The van der Waals surface area contributed by atoms with Crippen LogP contribution in [0.1, 0.15) is 23.6 Å². The maximum absolute atomic E-state index is 12.7. The number of fused-ring (bicyclic) bond motifs is 1. The summed E-state index contributed by atoms with van der Waals surface area (Å²) in [6.45, 7) is 0.626. The van der Waals surface area contributed by atoms with Crippen LogP contribution in [0.15, 0.2) is 24.3 Å². The molecule has 1 aliphatic rings. The van der Waals surface area contributed by atoms with Gasteiger partial charge in [0.1, 0.15) is 0 Å². The Kier molecular flexibility index (Phi) is 2.65. The maximum atomic E-state index is 12.7. The first-order valence-corrected chi connectivity index (χ1v) is 5.74. The van der Waals surface area contributed by atoms with Gasteiger partial charge < -0.3 is 5.32 Å². The molecule has 0 fully saturated rings. The molecule has 0 radical (unpaired) electrons. The molecular weight excluding hydrogens is 259 g/mol. The van der Waals surface area contributed by atoms with E-state index in [0.717, 1.165) is 12.1 Å². The van der Waals surface area contributed by atoms with Gasteiger partial charge in [-0.3, -0.25) is 0 Å². The summed E-state index contributed by atoms with van der Waals surface area (Å²) in [6, 6.07) is 5.02. The molecule has 1 aromatic heterocycles. The molecule has 2 aromatic rings. The first-order chi connectivity index (χ1) is 9.05. The van der Waals surface area contributed by atoms with Crippen molar-refractivity contribution >= 4 is 5.95 Å². The normalized spacial score (nSPS) is 18.8. The van der Waals surface area contributed by atoms with E-state index in [9.17, 15) is 13.2 Å². The number of aromatic nitrogens is 4. The Morgan fingerprint density at radius 3 is 2.95 bits per heavy atom. The maximum Gasteiger partial charge on any atom is 0.416 e. The number of alkyl halides is 3. The van der Waals surface area contributed by atoms with Gasteiger partial charge >= 0.3 is 6.18 Å². The smallest absolute Gasteiger partial charge is 0.353 e. The zero-order valence-electron chi connectivity index (χ0n) is 9.72. The van der Waals surface area contributed by atoms with Crippen molar-refractivity contribution in [1.29, 1.82) is 0 Å². The number of nitrogens with one attached hydrogen (secondary N) is 1. The lowest BCUT2D eigenvalue weighted by molar-refractivity contribution is -0.137. The van der Waals surface area contributed by atoms with Gasteiger partial charge in [0, 0.05) is 6.54 Å². The molecule has 8 heteroatoms. The fourth-order valence-corrected chi connectivity index (χ4v) is 2.19. The lowest BCUT2D eigenvalue weighted by Crippen LogP contribution is -2.25. The highest BCUT2D eigenvalue weighted by Gasteiger charge is 2.32. The minimum absolute atomic E-state index is 0.270. The Hall–Kier alpha value is -2.12. The van der Waals surface area contributed by atoms with Crippen LogP contribution in [0.2, 0.25) is 0 Å². The highest BCUT2D eigenvalue weighted by molar-refractivity contribution is 5.33. The largest absolute Gasteiger partial charge is 0.416 e. The second-order valence-electron chi connectivity index (χ2n) is 4.30. The molecule has 1 aliphatic heterocycles. The number of rotatable bonds is 1. The molecule has 5 nitrogen and oxygen atoms in total. The summed E-state index contributed by atoms with van der Waals surface area (Å²) in [5, 5.41) is 14.1. The summed E-state index contributed by atoms with van der Waals surface area (Å²) < 4.78 is 39.6. The van der Waals surface area contributed by atoms with Crippen molar-refractivity contribution in [3.8, 4) is 0 Å². The third kappa shape index (κ3) is 2.13. The van der Waals surface area contributed by atoms with Crippen molar-refractivity contribution in [2.75, 3.05) is 11.9 Å². The number of tetrazole rings is 1. The molecule has 19 heavy (non-hydrogen) atoms. The number of halogens is 3. The van der Waals surface area contributed by atoms with E-state index in [2.05, 4.69) is 20.8 Å². The van der Waals surface area contributed by atoms with E-state index < -0.39 is 11.7 Å². The van der Waals surface area contributed by atoms with Gasteiger partial charge in [-0.25, -0.2) is 4.68 Å². The van der Waals surface area contributed by atoms with Gasteiger partial charge in [0.05, 0.1) is 11.6 Å².